The maximum atomic E-state index is 8.98. The van der Waals surface area contributed by atoms with E-state index in [4.69, 9.17) is 5.11 Å². The van der Waals surface area contributed by atoms with E-state index in [0.29, 0.717) is 12.2 Å². The molecule has 1 aliphatic rings. The van der Waals surface area contributed by atoms with E-state index < -0.39 is 0 Å². The molecule has 0 aliphatic carbocycles. The van der Waals surface area contributed by atoms with Gasteiger partial charge in [0, 0.05) is 6.42 Å². The summed E-state index contributed by atoms with van der Waals surface area (Å²) in [5.74, 6) is 0.593. The van der Waals surface area contributed by atoms with Gasteiger partial charge in [0.05, 0.1) is 33.6 Å². The third-order valence-corrected chi connectivity index (χ3v) is 3.53. The van der Waals surface area contributed by atoms with Crippen molar-refractivity contribution in [3.05, 3.63) is 28.7 Å². The molecule has 0 amide bonds. The van der Waals surface area contributed by atoms with E-state index in [1.807, 2.05) is 0 Å². The minimum Gasteiger partial charge on any atom is -0.512 e. The molecule has 0 saturated heterocycles. The van der Waals surface area contributed by atoms with E-state index >= 15 is 0 Å². The molecule has 2 rings (SSSR count). The summed E-state index contributed by atoms with van der Waals surface area (Å²) in [5.41, 5.74) is 1.69. The molecule has 16 heavy (non-hydrogen) atoms. The maximum Gasteiger partial charge on any atom is 0.102 e. The van der Waals surface area contributed by atoms with Crippen molar-refractivity contribution in [2.75, 3.05) is 5.75 Å². The molecule has 0 unspecified atom stereocenters. The lowest BCUT2D eigenvalue weighted by Gasteiger charge is -1.99. The van der Waals surface area contributed by atoms with Gasteiger partial charge in [0.25, 0.3) is 0 Å². The van der Waals surface area contributed by atoms with Crippen LogP contribution in [0.15, 0.2) is 33.2 Å². The van der Waals surface area contributed by atoms with E-state index in [2.05, 4.69) is 42.9 Å². The highest BCUT2D eigenvalue weighted by Gasteiger charge is 2.18. The largest absolute Gasteiger partial charge is 0.512 e. The van der Waals surface area contributed by atoms with Crippen LogP contribution in [0.1, 0.15) is 12.1 Å². The number of hydrogen-bond acceptors (Lipinski definition) is 5. The van der Waals surface area contributed by atoms with E-state index in [0.717, 1.165) is 20.9 Å². The third kappa shape index (κ3) is 2.53. The fourth-order valence-corrected chi connectivity index (χ4v) is 2.28. The van der Waals surface area contributed by atoms with Crippen molar-refractivity contribution in [3.63, 3.8) is 0 Å². The Labute approximate surface area is 105 Å². The second-order valence-corrected chi connectivity index (χ2v) is 5.07. The number of nitrogens with zero attached hydrogens (tertiary/aromatic N) is 3. The average Bonchev–Trinajstić information content (AvgIpc) is 2.83. The van der Waals surface area contributed by atoms with Gasteiger partial charge in [-0.1, -0.05) is 6.58 Å². The van der Waals surface area contributed by atoms with Crippen molar-refractivity contribution in [2.24, 2.45) is 10.2 Å². The monoisotopic (exact) mass is 300 g/mol. The molecule has 0 bridgehead atoms. The van der Waals surface area contributed by atoms with Gasteiger partial charge in [0.1, 0.15) is 5.04 Å². The van der Waals surface area contributed by atoms with E-state index in [1.54, 1.807) is 6.20 Å². The van der Waals surface area contributed by atoms with Crippen LogP contribution < -0.4 is 0 Å². The first kappa shape index (κ1) is 11.4. The van der Waals surface area contributed by atoms with Crippen molar-refractivity contribution < 1.29 is 5.11 Å². The van der Waals surface area contributed by atoms with Crippen LogP contribution in [0.25, 0.3) is 0 Å². The topological polar surface area (TPSA) is 73.6 Å². The Morgan fingerprint density at radius 3 is 3.06 bits per heavy atom. The number of aliphatic hydroxyl groups is 1. The molecule has 2 N–H and O–H groups in total. The fourth-order valence-electron chi connectivity index (χ4n) is 1.19. The summed E-state index contributed by atoms with van der Waals surface area (Å²) in [5, 5.41) is 24.7. The fraction of sp³-hybridized carbons (Fsp3) is 0.222. The van der Waals surface area contributed by atoms with E-state index in [1.165, 1.54) is 11.8 Å². The van der Waals surface area contributed by atoms with E-state index in [-0.39, 0.29) is 5.76 Å². The van der Waals surface area contributed by atoms with Gasteiger partial charge in [0.2, 0.25) is 0 Å². The SMILES string of the molecule is C=C(O)CSC1=NN=C(c2[nH]ncc2Br)C1. The molecule has 1 aromatic rings. The standard InChI is InChI=1S/C9H9BrN4OS/c1-5(15)4-16-8-2-7(12-13-8)9-6(10)3-11-14-9/h3,15H,1-2,4H2,(H,11,14). The van der Waals surface area contributed by atoms with E-state index in [9.17, 15) is 0 Å². The van der Waals surface area contributed by atoms with Gasteiger partial charge in [-0.3, -0.25) is 5.10 Å². The lowest BCUT2D eigenvalue weighted by molar-refractivity contribution is 0.420. The summed E-state index contributed by atoms with van der Waals surface area (Å²) >= 11 is 4.81. The minimum absolute atomic E-state index is 0.142. The van der Waals surface area contributed by atoms with Crippen LogP contribution in [0.2, 0.25) is 0 Å². The first-order valence-electron chi connectivity index (χ1n) is 4.49. The molecule has 2 heterocycles. The predicted octanol–water partition coefficient (Wildman–Crippen LogP) is 2.48. The summed E-state index contributed by atoms with van der Waals surface area (Å²) in [6.07, 6.45) is 2.33. The third-order valence-electron chi connectivity index (χ3n) is 1.89. The molecule has 0 saturated carbocycles. The van der Waals surface area contributed by atoms with Crippen molar-refractivity contribution in [1.82, 2.24) is 10.2 Å². The van der Waals surface area contributed by atoms with Crippen molar-refractivity contribution in [2.45, 2.75) is 6.42 Å². The van der Waals surface area contributed by atoms with Crippen molar-refractivity contribution in [3.8, 4) is 0 Å². The van der Waals surface area contributed by atoms with Gasteiger partial charge in [-0.15, -0.1) is 16.9 Å². The van der Waals surface area contributed by atoms with Gasteiger partial charge >= 0.3 is 0 Å². The number of aromatic amines is 1. The molecular formula is C9H9BrN4OS. The molecule has 0 fully saturated rings. The molecule has 0 atom stereocenters. The highest BCUT2D eigenvalue weighted by molar-refractivity contribution is 9.10. The Bertz CT molecular complexity index is 480. The Kier molecular flexibility index (Phi) is 3.45. The molecule has 84 valence electrons. The second kappa shape index (κ2) is 4.84. The molecule has 0 spiro atoms. The number of H-pyrrole nitrogens is 1. The number of thioether (sulfide) groups is 1. The zero-order chi connectivity index (χ0) is 11.5. The molecular weight excluding hydrogens is 292 g/mol. The molecule has 0 radical (unpaired) electrons. The summed E-state index contributed by atoms with van der Waals surface area (Å²) < 4.78 is 0.874. The first-order valence-corrected chi connectivity index (χ1v) is 6.27. The Morgan fingerprint density at radius 2 is 2.44 bits per heavy atom. The normalized spacial score (nSPS) is 14.8. The highest BCUT2D eigenvalue weighted by atomic mass is 79.9. The summed E-state index contributed by atoms with van der Waals surface area (Å²) in [6, 6.07) is 0. The zero-order valence-corrected chi connectivity index (χ0v) is 10.7. The lowest BCUT2D eigenvalue weighted by Crippen LogP contribution is -2.03. The molecule has 1 aromatic heterocycles. The van der Waals surface area contributed by atoms with Gasteiger partial charge in [-0.05, 0) is 15.9 Å². The van der Waals surface area contributed by atoms with Crippen LogP contribution in [0.5, 0.6) is 0 Å². The quantitative estimate of drug-likeness (QED) is 0.842. The van der Waals surface area contributed by atoms with Crippen LogP contribution in [-0.4, -0.2) is 31.8 Å². The average molecular weight is 301 g/mol. The van der Waals surface area contributed by atoms with Gasteiger partial charge in [0.15, 0.2) is 0 Å². The maximum absolute atomic E-state index is 8.98. The molecule has 5 nitrogen and oxygen atoms in total. The highest BCUT2D eigenvalue weighted by Crippen LogP contribution is 2.22. The Morgan fingerprint density at radius 1 is 1.62 bits per heavy atom. The summed E-state index contributed by atoms with van der Waals surface area (Å²) in [4.78, 5) is 0. The lowest BCUT2D eigenvalue weighted by atomic mass is 10.2. The van der Waals surface area contributed by atoms with Crippen LogP contribution in [0.4, 0.5) is 0 Å². The van der Waals surface area contributed by atoms with Gasteiger partial charge in [-0.2, -0.15) is 10.2 Å². The second-order valence-electron chi connectivity index (χ2n) is 3.17. The predicted molar refractivity (Wildman–Crippen MR) is 69.1 cm³/mol. The number of rotatable bonds is 3. The summed E-state index contributed by atoms with van der Waals surface area (Å²) in [7, 11) is 0. The number of hydrogen-bond donors (Lipinski definition) is 2. The van der Waals surface area contributed by atoms with Crippen molar-refractivity contribution >= 4 is 38.4 Å². The Hall–Kier alpha value is -1.08. The first-order chi connectivity index (χ1) is 7.66. The summed E-state index contributed by atoms with van der Waals surface area (Å²) in [6.45, 7) is 3.42. The minimum atomic E-state index is 0.142. The molecule has 1 aliphatic heterocycles. The zero-order valence-electron chi connectivity index (χ0n) is 8.27. The van der Waals surface area contributed by atoms with Crippen LogP contribution in [0.3, 0.4) is 0 Å². The van der Waals surface area contributed by atoms with Crippen LogP contribution in [0, 0.1) is 0 Å². The van der Waals surface area contributed by atoms with Gasteiger partial charge < -0.3 is 5.11 Å². The van der Waals surface area contributed by atoms with Crippen LogP contribution >= 0.6 is 27.7 Å². The molecule has 7 heteroatoms. The smallest absolute Gasteiger partial charge is 0.102 e. The van der Waals surface area contributed by atoms with Crippen molar-refractivity contribution in [1.29, 1.82) is 0 Å². The number of halogens is 1. The Balaban J connectivity index is 1.96. The number of aromatic nitrogens is 2. The number of aliphatic hydroxyl groups excluding tert-OH is 1. The van der Waals surface area contributed by atoms with Crippen LogP contribution in [-0.2, 0) is 0 Å². The van der Waals surface area contributed by atoms with Gasteiger partial charge in [-0.25, -0.2) is 0 Å². The molecule has 0 aromatic carbocycles. The number of nitrogens with one attached hydrogen (secondary N) is 1.